The maximum atomic E-state index is 10.7. The number of methoxy groups -OCH3 is 1. The number of aldehydes is 1. The van der Waals surface area contributed by atoms with E-state index in [0.29, 0.717) is 16.9 Å². The molecule has 0 fully saturated rings. The number of hydrogen-bond donors (Lipinski definition) is 0. The van der Waals surface area contributed by atoms with Gasteiger partial charge in [-0.05, 0) is 6.07 Å². The molecule has 0 bridgehead atoms. The topological polar surface area (TPSA) is 56.5 Å². The molecule has 1 aromatic rings. The molecule has 1 rings (SSSR count). The van der Waals surface area contributed by atoms with Crippen LogP contribution in [0.5, 0.6) is 0 Å². The van der Waals surface area contributed by atoms with Crippen LogP contribution in [0.25, 0.3) is 0 Å². The van der Waals surface area contributed by atoms with Gasteiger partial charge < -0.3 is 9.15 Å². The molecule has 4 nitrogen and oxygen atoms in total. The van der Waals surface area contributed by atoms with Gasteiger partial charge in [-0.1, -0.05) is 11.8 Å². The van der Waals surface area contributed by atoms with Crippen LogP contribution in [0.3, 0.4) is 0 Å². The molecule has 0 aliphatic carbocycles. The Bertz CT molecular complexity index is 305. The number of furan rings is 1. The summed E-state index contributed by atoms with van der Waals surface area (Å²) in [4.78, 5) is 21.1. The molecule has 1 heterocycles. The number of carbonyl (C=O) groups excluding carboxylic acids is 2. The third kappa shape index (κ3) is 2.62. The predicted octanol–water partition coefficient (Wildman–Crippen LogP) is 1.36. The van der Waals surface area contributed by atoms with Crippen molar-refractivity contribution >= 4 is 24.0 Å². The van der Waals surface area contributed by atoms with Crippen LogP contribution < -0.4 is 0 Å². The number of esters is 1. The van der Waals surface area contributed by atoms with Gasteiger partial charge in [-0.25, -0.2) is 0 Å². The summed E-state index contributed by atoms with van der Waals surface area (Å²) in [6, 6.07) is 1.55. The minimum absolute atomic E-state index is 0.144. The minimum Gasteiger partial charge on any atom is -0.468 e. The Hall–Kier alpha value is -1.23. The molecule has 1 aromatic heterocycles. The Morgan fingerprint density at radius 1 is 1.77 bits per heavy atom. The molecule has 0 N–H and O–H groups in total. The van der Waals surface area contributed by atoms with E-state index in [0.717, 1.165) is 11.8 Å². The highest BCUT2D eigenvalue weighted by molar-refractivity contribution is 7.99. The minimum atomic E-state index is -0.349. The lowest BCUT2D eigenvalue weighted by Crippen LogP contribution is -2.02. The van der Waals surface area contributed by atoms with Gasteiger partial charge in [0.05, 0.1) is 24.7 Å². The zero-order valence-electron chi connectivity index (χ0n) is 6.98. The van der Waals surface area contributed by atoms with Crippen LogP contribution in [-0.4, -0.2) is 25.1 Å². The first-order chi connectivity index (χ1) is 6.27. The number of ether oxygens (including phenoxy) is 1. The lowest BCUT2D eigenvalue weighted by Gasteiger charge is -1.96. The summed E-state index contributed by atoms with van der Waals surface area (Å²) in [7, 11) is 1.31. The van der Waals surface area contributed by atoms with Crippen LogP contribution in [0.15, 0.2) is 21.8 Å². The molecule has 0 spiro atoms. The normalized spacial score (nSPS) is 9.62. The van der Waals surface area contributed by atoms with Crippen molar-refractivity contribution < 1.29 is 18.7 Å². The van der Waals surface area contributed by atoms with Crippen LogP contribution in [0.4, 0.5) is 0 Å². The molecular formula is C8H8O4S. The molecule has 0 radical (unpaired) electrons. The van der Waals surface area contributed by atoms with Crippen LogP contribution in [0.2, 0.25) is 0 Å². The highest BCUT2D eigenvalue weighted by Crippen LogP contribution is 2.22. The van der Waals surface area contributed by atoms with Gasteiger partial charge >= 0.3 is 5.97 Å². The largest absolute Gasteiger partial charge is 0.468 e. The molecule has 0 atom stereocenters. The molecule has 0 amide bonds. The number of carbonyl (C=O) groups is 2. The summed E-state index contributed by atoms with van der Waals surface area (Å²) in [6.07, 6.45) is 2.09. The lowest BCUT2D eigenvalue weighted by atomic mass is 10.4. The maximum Gasteiger partial charge on any atom is 0.316 e. The second kappa shape index (κ2) is 4.71. The van der Waals surface area contributed by atoms with E-state index in [2.05, 4.69) is 4.74 Å². The number of thioether (sulfide) groups is 1. The predicted molar refractivity (Wildman–Crippen MR) is 46.8 cm³/mol. The third-order valence-corrected chi connectivity index (χ3v) is 2.31. The van der Waals surface area contributed by atoms with E-state index in [1.54, 1.807) is 6.07 Å². The van der Waals surface area contributed by atoms with Crippen LogP contribution in [0, 0.1) is 0 Å². The second-order valence-corrected chi connectivity index (χ2v) is 3.09. The van der Waals surface area contributed by atoms with Crippen molar-refractivity contribution in [2.24, 2.45) is 0 Å². The molecule has 0 aliphatic rings. The quantitative estimate of drug-likeness (QED) is 0.417. The first-order valence-electron chi connectivity index (χ1n) is 3.50. The van der Waals surface area contributed by atoms with E-state index >= 15 is 0 Å². The SMILES string of the molecule is COC(=O)CSc1occc1C=O. The van der Waals surface area contributed by atoms with Crippen molar-refractivity contribution in [3.8, 4) is 0 Å². The van der Waals surface area contributed by atoms with E-state index in [1.807, 2.05) is 0 Å². The molecule has 0 aliphatic heterocycles. The summed E-state index contributed by atoms with van der Waals surface area (Å²) in [5, 5.41) is 0.445. The Balaban J connectivity index is 2.53. The van der Waals surface area contributed by atoms with Gasteiger partial charge in [0.2, 0.25) is 0 Å². The third-order valence-electron chi connectivity index (χ3n) is 1.33. The Morgan fingerprint density at radius 2 is 2.54 bits per heavy atom. The van der Waals surface area contributed by atoms with Gasteiger partial charge in [0.1, 0.15) is 0 Å². The van der Waals surface area contributed by atoms with Gasteiger partial charge in [0.15, 0.2) is 11.4 Å². The van der Waals surface area contributed by atoms with Crippen molar-refractivity contribution in [3.63, 3.8) is 0 Å². The van der Waals surface area contributed by atoms with Gasteiger partial charge in [-0.2, -0.15) is 0 Å². The van der Waals surface area contributed by atoms with Gasteiger partial charge in [-0.3, -0.25) is 9.59 Å². The molecule has 0 aromatic carbocycles. The molecule has 0 saturated carbocycles. The molecule has 0 unspecified atom stereocenters. The summed E-state index contributed by atoms with van der Waals surface area (Å²) in [5.41, 5.74) is 0.453. The van der Waals surface area contributed by atoms with E-state index in [4.69, 9.17) is 4.42 Å². The van der Waals surface area contributed by atoms with Crippen LogP contribution in [-0.2, 0) is 9.53 Å². The highest BCUT2D eigenvalue weighted by atomic mass is 32.2. The first kappa shape index (κ1) is 9.85. The molecule has 0 saturated heterocycles. The molecule has 13 heavy (non-hydrogen) atoms. The Kier molecular flexibility index (Phi) is 3.57. The summed E-state index contributed by atoms with van der Waals surface area (Å²) in [5.74, 6) is -0.205. The van der Waals surface area contributed by atoms with E-state index < -0.39 is 0 Å². The van der Waals surface area contributed by atoms with Crippen molar-refractivity contribution in [1.29, 1.82) is 0 Å². The van der Waals surface area contributed by atoms with E-state index in [-0.39, 0.29) is 11.7 Å². The fraction of sp³-hybridized carbons (Fsp3) is 0.250. The smallest absolute Gasteiger partial charge is 0.316 e. The van der Waals surface area contributed by atoms with Crippen molar-refractivity contribution in [3.05, 3.63) is 17.9 Å². The molecule has 5 heteroatoms. The number of rotatable bonds is 4. The Morgan fingerprint density at radius 3 is 3.15 bits per heavy atom. The lowest BCUT2D eigenvalue weighted by molar-refractivity contribution is -0.137. The van der Waals surface area contributed by atoms with Crippen molar-refractivity contribution in [2.45, 2.75) is 5.09 Å². The Labute approximate surface area is 79.2 Å². The van der Waals surface area contributed by atoms with Crippen molar-refractivity contribution in [1.82, 2.24) is 0 Å². The van der Waals surface area contributed by atoms with Gasteiger partial charge in [0.25, 0.3) is 0 Å². The zero-order chi connectivity index (χ0) is 9.68. The van der Waals surface area contributed by atoms with Crippen LogP contribution >= 0.6 is 11.8 Å². The standard InChI is InChI=1S/C8H8O4S/c1-11-7(10)5-13-8-6(4-9)2-3-12-8/h2-4H,5H2,1H3. The fourth-order valence-corrected chi connectivity index (χ4v) is 1.47. The summed E-state index contributed by atoms with van der Waals surface area (Å²) < 4.78 is 9.41. The monoisotopic (exact) mass is 200 g/mol. The second-order valence-electron chi connectivity index (χ2n) is 2.15. The summed E-state index contributed by atoms with van der Waals surface area (Å²) in [6.45, 7) is 0. The highest BCUT2D eigenvalue weighted by Gasteiger charge is 2.08. The van der Waals surface area contributed by atoms with E-state index in [9.17, 15) is 9.59 Å². The average molecular weight is 200 g/mol. The number of hydrogen-bond acceptors (Lipinski definition) is 5. The average Bonchev–Trinajstić information content (AvgIpc) is 2.61. The van der Waals surface area contributed by atoms with Crippen molar-refractivity contribution in [2.75, 3.05) is 12.9 Å². The van der Waals surface area contributed by atoms with Gasteiger partial charge in [0, 0.05) is 0 Å². The summed E-state index contributed by atoms with van der Waals surface area (Å²) >= 11 is 1.14. The van der Waals surface area contributed by atoms with E-state index in [1.165, 1.54) is 13.4 Å². The maximum absolute atomic E-state index is 10.7. The molecule has 70 valence electrons. The first-order valence-corrected chi connectivity index (χ1v) is 4.48. The zero-order valence-corrected chi connectivity index (χ0v) is 7.80. The fourth-order valence-electron chi connectivity index (χ4n) is 0.693. The molecular weight excluding hydrogens is 192 g/mol. The van der Waals surface area contributed by atoms with Crippen LogP contribution in [0.1, 0.15) is 10.4 Å². The van der Waals surface area contributed by atoms with Gasteiger partial charge in [-0.15, -0.1) is 0 Å².